The number of likely N-dealkylation sites (tertiary alicyclic amines) is 1. The van der Waals surface area contributed by atoms with E-state index in [-0.39, 0.29) is 0 Å². The van der Waals surface area contributed by atoms with Crippen molar-refractivity contribution in [2.24, 2.45) is 0 Å². The van der Waals surface area contributed by atoms with E-state index in [9.17, 15) is 37.1 Å². The minimum absolute atomic E-state index is 0.436. The second-order valence-corrected chi connectivity index (χ2v) is 9.04. The Balaban J connectivity index is 2.03. The van der Waals surface area contributed by atoms with Crippen LogP contribution in [0.1, 0.15) is 37.3 Å². The summed E-state index contributed by atoms with van der Waals surface area (Å²) in [4.78, 5) is 65.6. The van der Waals surface area contributed by atoms with Gasteiger partial charge < -0.3 is 20.9 Å². The second-order valence-electron chi connectivity index (χ2n) is 9.04. The number of alkyl halides is 3. The molecule has 1 fully saturated rings. The Kier molecular flexibility index (Phi) is 10.6. The molecule has 3 unspecified atom stereocenters. The highest BCUT2D eigenvalue weighted by Gasteiger charge is 2.36. The third-order valence-corrected chi connectivity index (χ3v) is 5.93. The molecular formula is C24H32F3N5O5. The van der Waals surface area contributed by atoms with Gasteiger partial charge in [0.15, 0.2) is 0 Å². The van der Waals surface area contributed by atoms with Crippen LogP contribution in [0.15, 0.2) is 30.3 Å². The number of amides is 4. The fourth-order valence-electron chi connectivity index (χ4n) is 3.90. The van der Waals surface area contributed by atoms with E-state index in [1.165, 1.54) is 19.0 Å². The third-order valence-electron chi connectivity index (χ3n) is 5.93. The van der Waals surface area contributed by atoms with E-state index in [2.05, 4.69) is 16.0 Å². The molecule has 3 atom stereocenters. The van der Waals surface area contributed by atoms with Gasteiger partial charge in [-0.2, -0.15) is 13.2 Å². The average molecular weight is 528 g/mol. The summed E-state index contributed by atoms with van der Waals surface area (Å²) in [5.74, 6) is -4.49. The van der Waals surface area contributed by atoms with E-state index in [4.69, 9.17) is 0 Å². The van der Waals surface area contributed by atoms with E-state index >= 15 is 0 Å². The number of hydrogen-bond donors (Lipinski definition) is 3. The Bertz CT molecular complexity index is 987. The van der Waals surface area contributed by atoms with Crippen LogP contribution in [0.25, 0.3) is 0 Å². The first-order valence-electron chi connectivity index (χ1n) is 11.7. The van der Waals surface area contributed by atoms with Gasteiger partial charge in [-0.25, -0.2) is 0 Å². The fraction of sp³-hybridized carbons (Fsp3) is 0.542. The first-order chi connectivity index (χ1) is 17.3. The normalized spacial score (nSPS) is 17.4. The predicted molar refractivity (Wildman–Crippen MR) is 127 cm³/mol. The molecule has 1 heterocycles. The lowest BCUT2D eigenvalue weighted by molar-refractivity contribution is -0.146. The molecule has 0 saturated carbocycles. The molecular weight excluding hydrogens is 495 g/mol. The molecule has 4 amide bonds. The first kappa shape index (κ1) is 29.7. The standard InChI is InChI=1S/C24H32F3N5O5/c1-31(2)23(37)19(15-8-5-4-6-9-15)30-18(33)14-28-22(36)20(34)16(11-12-24(25,26)27)29-21(35)17-10-7-13-32(17)3/h4-6,8-9,16-17,19H,7,10-14H2,1-3H3,(H,28,36)(H,29,35)(H,30,33). The van der Waals surface area contributed by atoms with Crippen LogP contribution >= 0.6 is 0 Å². The maximum Gasteiger partial charge on any atom is 0.389 e. The van der Waals surface area contributed by atoms with Gasteiger partial charge in [0.05, 0.1) is 18.6 Å². The molecule has 0 bridgehead atoms. The molecule has 1 saturated heterocycles. The zero-order valence-corrected chi connectivity index (χ0v) is 20.9. The van der Waals surface area contributed by atoms with Gasteiger partial charge in [-0.15, -0.1) is 0 Å². The number of Topliss-reactive ketones (excluding diaryl/α,β-unsaturated/α-hetero) is 1. The number of nitrogens with zero attached hydrogens (tertiary/aromatic N) is 2. The van der Waals surface area contributed by atoms with Crippen molar-refractivity contribution in [3.63, 3.8) is 0 Å². The molecule has 37 heavy (non-hydrogen) atoms. The van der Waals surface area contributed by atoms with E-state index in [1.54, 1.807) is 42.3 Å². The van der Waals surface area contributed by atoms with Gasteiger partial charge in [-0.1, -0.05) is 30.3 Å². The minimum Gasteiger partial charge on any atom is -0.347 e. The Morgan fingerprint density at radius 2 is 1.73 bits per heavy atom. The van der Waals surface area contributed by atoms with E-state index in [0.717, 1.165) is 0 Å². The van der Waals surface area contributed by atoms with Gasteiger partial charge in [-0.3, -0.25) is 28.9 Å². The average Bonchev–Trinajstić information content (AvgIpc) is 3.28. The SMILES string of the molecule is CN(C)C(=O)C(NC(=O)CNC(=O)C(=O)C(CCC(F)(F)F)NC(=O)C1CCCN1C)c1ccccc1. The smallest absolute Gasteiger partial charge is 0.347 e. The molecule has 1 aliphatic rings. The van der Waals surface area contributed by atoms with Crippen molar-refractivity contribution in [3.05, 3.63) is 35.9 Å². The molecule has 2 rings (SSSR count). The lowest BCUT2D eigenvalue weighted by Gasteiger charge is -2.24. The highest BCUT2D eigenvalue weighted by Crippen LogP contribution is 2.23. The topological polar surface area (TPSA) is 128 Å². The summed E-state index contributed by atoms with van der Waals surface area (Å²) < 4.78 is 38.4. The quantitative estimate of drug-likeness (QED) is 0.361. The summed E-state index contributed by atoms with van der Waals surface area (Å²) in [5, 5.41) is 6.81. The zero-order valence-electron chi connectivity index (χ0n) is 20.9. The van der Waals surface area contributed by atoms with Crippen LogP contribution in [0.2, 0.25) is 0 Å². The molecule has 3 N–H and O–H groups in total. The van der Waals surface area contributed by atoms with Crippen LogP contribution in [0.5, 0.6) is 0 Å². The summed E-state index contributed by atoms with van der Waals surface area (Å²) in [5.41, 5.74) is 0.490. The molecule has 1 aliphatic heterocycles. The summed E-state index contributed by atoms with van der Waals surface area (Å²) in [6.07, 6.45) is -5.62. The van der Waals surface area contributed by atoms with Crippen molar-refractivity contribution in [3.8, 4) is 0 Å². The van der Waals surface area contributed by atoms with Gasteiger partial charge in [0, 0.05) is 20.5 Å². The van der Waals surface area contributed by atoms with Crippen LogP contribution < -0.4 is 16.0 Å². The Labute approximate surface area is 212 Å². The number of carbonyl (C=O) groups excluding carboxylic acids is 5. The Hall–Kier alpha value is -3.48. The molecule has 10 nitrogen and oxygen atoms in total. The number of likely N-dealkylation sites (N-methyl/N-ethyl adjacent to an activating group) is 2. The lowest BCUT2D eigenvalue weighted by atomic mass is 10.0. The zero-order chi connectivity index (χ0) is 27.8. The van der Waals surface area contributed by atoms with Crippen LogP contribution in [-0.4, -0.2) is 91.7 Å². The van der Waals surface area contributed by atoms with Crippen molar-refractivity contribution in [2.45, 2.75) is 50.0 Å². The van der Waals surface area contributed by atoms with Crippen LogP contribution in [-0.2, 0) is 24.0 Å². The van der Waals surface area contributed by atoms with E-state index < -0.39 is 73.1 Å². The molecule has 1 aromatic carbocycles. The van der Waals surface area contributed by atoms with Crippen LogP contribution in [0.3, 0.4) is 0 Å². The number of ketones is 1. The second kappa shape index (κ2) is 13.2. The van der Waals surface area contributed by atoms with Crippen LogP contribution in [0, 0.1) is 0 Å². The third kappa shape index (κ3) is 9.16. The molecule has 13 heteroatoms. The summed E-state index contributed by atoms with van der Waals surface area (Å²) in [6.45, 7) is -0.0882. The van der Waals surface area contributed by atoms with Gasteiger partial charge >= 0.3 is 6.18 Å². The Morgan fingerprint density at radius 3 is 2.27 bits per heavy atom. The summed E-state index contributed by atoms with van der Waals surface area (Å²) in [6, 6.07) is 4.96. The highest BCUT2D eigenvalue weighted by atomic mass is 19.4. The number of rotatable bonds is 11. The lowest BCUT2D eigenvalue weighted by Crippen LogP contribution is -2.53. The number of hydrogen-bond acceptors (Lipinski definition) is 6. The Morgan fingerprint density at radius 1 is 1.08 bits per heavy atom. The van der Waals surface area contributed by atoms with Crippen molar-refractivity contribution >= 4 is 29.4 Å². The minimum atomic E-state index is -4.60. The maximum atomic E-state index is 12.8. The number of carbonyl (C=O) groups is 5. The van der Waals surface area contributed by atoms with E-state index in [1.807, 2.05) is 0 Å². The van der Waals surface area contributed by atoms with Crippen molar-refractivity contribution in [2.75, 3.05) is 34.2 Å². The van der Waals surface area contributed by atoms with Crippen LogP contribution in [0.4, 0.5) is 13.2 Å². The van der Waals surface area contributed by atoms with E-state index in [0.29, 0.717) is 24.9 Å². The molecule has 0 spiro atoms. The van der Waals surface area contributed by atoms with Gasteiger partial charge in [0.1, 0.15) is 6.04 Å². The highest BCUT2D eigenvalue weighted by molar-refractivity contribution is 6.38. The summed E-state index contributed by atoms with van der Waals surface area (Å²) >= 11 is 0. The number of benzene rings is 1. The monoisotopic (exact) mass is 527 g/mol. The van der Waals surface area contributed by atoms with Crippen molar-refractivity contribution in [1.29, 1.82) is 0 Å². The predicted octanol–water partition coefficient (Wildman–Crippen LogP) is 0.539. The van der Waals surface area contributed by atoms with Gasteiger partial charge in [0.25, 0.3) is 5.91 Å². The number of halogens is 3. The summed E-state index contributed by atoms with van der Waals surface area (Å²) in [7, 11) is 4.69. The number of nitrogens with one attached hydrogen (secondary N) is 3. The largest absolute Gasteiger partial charge is 0.389 e. The molecule has 0 aromatic heterocycles. The molecule has 204 valence electrons. The van der Waals surface area contributed by atoms with Gasteiger partial charge in [-0.05, 0) is 38.4 Å². The molecule has 0 radical (unpaired) electrons. The van der Waals surface area contributed by atoms with Crippen molar-refractivity contribution in [1.82, 2.24) is 25.8 Å². The molecule has 1 aromatic rings. The first-order valence-corrected chi connectivity index (χ1v) is 11.7. The molecule has 0 aliphatic carbocycles. The fourth-order valence-corrected chi connectivity index (χ4v) is 3.90. The van der Waals surface area contributed by atoms with Crippen molar-refractivity contribution < 1.29 is 37.1 Å². The van der Waals surface area contributed by atoms with Gasteiger partial charge in [0.2, 0.25) is 23.5 Å². The maximum absolute atomic E-state index is 12.8.